The van der Waals surface area contributed by atoms with Crippen LogP contribution in [0.1, 0.15) is 18.4 Å². The maximum Gasteiger partial charge on any atom is 0.220 e. The average Bonchev–Trinajstić information content (AvgIpc) is 2.37. The molecule has 0 fully saturated rings. The molecular formula is C14H20BrNO3. The molecule has 0 spiro atoms. The summed E-state index contributed by atoms with van der Waals surface area (Å²) in [7, 11) is 1.54. The van der Waals surface area contributed by atoms with Gasteiger partial charge >= 0.3 is 0 Å². The molecule has 1 amide bonds. The maximum absolute atomic E-state index is 11.6. The predicted molar refractivity (Wildman–Crippen MR) is 78.0 cm³/mol. The first kappa shape index (κ1) is 16.1. The van der Waals surface area contributed by atoms with E-state index in [4.69, 9.17) is 4.74 Å². The van der Waals surface area contributed by atoms with Crippen molar-refractivity contribution in [3.63, 3.8) is 0 Å². The largest absolute Gasteiger partial charge is 0.391 e. The van der Waals surface area contributed by atoms with Crippen LogP contribution in [0.2, 0.25) is 0 Å². The first-order valence-corrected chi connectivity index (χ1v) is 7.09. The van der Waals surface area contributed by atoms with Crippen molar-refractivity contribution in [1.82, 2.24) is 5.32 Å². The molecule has 0 aliphatic rings. The number of ether oxygens (including phenoxy) is 1. The van der Waals surface area contributed by atoms with Crippen LogP contribution in [0.3, 0.4) is 0 Å². The van der Waals surface area contributed by atoms with Crippen LogP contribution < -0.4 is 5.32 Å². The highest BCUT2D eigenvalue weighted by Gasteiger charge is 2.05. The number of aliphatic hydroxyl groups excluding tert-OH is 1. The Hall–Kier alpha value is -0.910. The van der Waals surface area contributed by atoms with Crippen molar-refractivity contribution < 1.29 is 14.6 Å². The van der Waals surface area contributed by atoms with Gasteiger partial charge in [0, 0.05) is 24.5 Å². The van der Waals surface area contributed by atoms with Crippen LogP contribution in [0, 0.1) is 0 Å². The van der Waals surface area contributed by atoms with Gasteiger partial charge in [-0.2, -0.15) is 0 Å². The van der Waals surface area contributed by atoms with Crippen molar-refractivity contribution in [1.29, 1.82) is 0 Å². The summed E-state index contributed by atoms with van der Waals surface area (Å²) in [6.45, 7) is 0.774. The van der Waals surface area contributed by atoms with Crippen LogP contribution in [0.15, 0.2) is 28.7 Å². The van der Waals surface area contributed by atoms with E-state index in [1.54, 1.807) is 7.11 Å². The van der Waals surface area contributed by atoms with E-state index in [0.29, 0.717) is 32.4 Å². The van der Waals surface area contributed by atoms with Crippen LogP contribution in [-0.2, 0) is 16.0 Å². The quantitative estimate of drug-likeness (QED) is 0.765. The molecule has 5 heteroatoms. The molecule has 1 unspecified atom stereocenters. The zero-order valence-corrected chi connectivity index (χ0v) is 12.6. The van der Waals surface area contributed by atoms with Gasteiger partial charge in [0.1, 0.15) is 0 Å². The van der Waals surface area contributed by atoms with E-state index in [0.717, 1.165) is 10.0 Å². The zero-order valence-electron chi connectivity index (χ0n) is 11.1. The summed E-state index contributed by atoms with van der Waals surface area (Å²) in [6.07, 6.45) is 1.16. The highest BCUT2D eigenvalue weighted by atomic mass is 79.9. The van der Waals surface area contributed by atoms with E-state index in [2.05, 4.69) is 21.2 Å². The minimum atomic E-state index is -0.518. The third-order valence-corrected chi connectivity index (χ3v) is 3.18. The van der Waals surface area contributed by atoms with Gasteiger partial charge in [0.15, 0.2) is 0 Å². The molecule has 4 nitrogen and oxygen atoms in total. The standard InChI is InChI=1S/C14H20BrNO3/c1-19-10-13(17)7-8-16-14(18)6-5-11-3-2-4-12(15)9-11/h2-4,9,13,17H,5-8,10H2,1H3,(H,16,18). The highest BCUT2D eigenvalue weighted by Crippen LogP contribution is 2.12. The van der Waals surface area contributed by atoms with Crippen molar-refractivity contribution in [3.05, 3.63) is 34.3 Å². The number of benzene rings is 1. The van der Waals surface area contributed by atoms with E-state index in [1.165, 1.54) is 0 Å². The van der Waals surface area contributed by atoms with Gasteiger partial charge < -0.3 is 15.2 Å². The molecule has 106 valence electrons. The lowest BCUT2D eigenvalue weighted by Crippen LogP contribution is -2.28. The van der Waals surface area contributed by atoms with Crippen LogP contribution in [0.5, 0.6) is 0 Å². The minimum Gasteiger partial charge on any atom is -0.391 e. The monoisotopic (exact) mass is 329 g/mol. The average molecular weight is 330 g/mol. The molecule has 0 saturated heterocycles. The molecule has 0 bridgehead atoms. The molecule has 2 N–H and O–H groups in total. The van der Waals surface area contributed by atoms with Crippen LogP contribution in [0.4, 0.5) is 0 Å². The number of aryl methyl sites for hydroxylation is 1. The number of carbonyl (C=O) groups excluding carboxylic acids is 1. The van der Waals surface area contributed by atoms with Crippen LogP contribution >= 0.6 is 15.9 Å². The SMILES string of the molecule is COCC(O)CCNC(=O)CCc1cccc(Br)c1. The number of nitrogens with one attached hydrogen (secondary N) is 1. The van der Waals surface area contributed by atoms with Gasteiger partial charge in [0.05, 0.1) is 12.7 Å². The Morgan fingerprint density at radius 3 is 3.00 bits per heavy atom. The number of halogens is 1. The van der Waals surface area contributed by atoms with E-state index in [9.17, 15) is 9.90 Å². The first-order chi connectivity index (χ1) is 9.11. The molecule has 19 heavy (non-hydrogen) atoms. The third kappa shape index (κ3) is 7.30. The maximum atomic E-state index is 11.6. The zero-order chi connectivity index (χ0) is 14.1. The summed E-state index contributed by atoms with van der Waals surface area (Å²) in [5.41, 5.74) is 1.13. The molecule has 0 aliphatic heterocycles. The lowest BCUT2D eigenvalue weighted by molar-refractivity contribution is -0.121. The van der Waals surface area contributed by atoms with E-state index < -0.39 is 6.10 Å². The summed E-state index contributed by atoms with van der Waals surface area (Å²) in [6, 6.07) is 7.93. The third-order valence-electron chi connectivity index (χ3n) is 2.69. The Bertz CT molecular complexity index is 398. The number of methoxy groups -OCH3 is 1. The van der Waals surface area contributed by atoms with E-state index in [-0.39, 0.29) is 5.91 Å². The summed E-state index contributed by atoms with van der Waals surface area (Å²) >= 11 is 3.40. The fraction of sp³-hybridized carbons (Fsp3) is 0.500. The Morgan fingerprint density at radius 2 is 2.32 bits per heavy atom. The van der Waals surface area contributed by atoms with Gasteiger partial charge in [-0.1, -0.05) is 28.1 Å². The first-order valence-electron chi connectivity index (χ1n) is 6.30. The summed E-state index contributed by atoms with van der Waals surface area (Å²) < 4.78 is 5.83. The van der Waals surface area contributed by atoms with Gasteiger partial charge in [0.25, 0.3) is 0 Å². The second kappa shape index (κ2) is 9.07. The van der Waals surface area contributed by atoms with Crippen LogP contribution in [0.25, 0.3) is 0 Å². The van der Waals surface area contributed by atoms with Crippen LogP contribution in [-0.4, -0.2) is 37.4 Å². The molecule has 1 rings (SSSR count). The number of rotatable bonds is 8. The number of hydrogen-bond acceptors (Lipinski definition) is 3. The predicted octanol–water partition coefficient (Wildman–Crippen LogP) is 1.90. The van der Waals surface area contributed by atoms with E-state index in [1.807, 2.05) is 24.3 Å². The molecule has 0 radical (unpaired) electrons. The van der Waals surface area contributed by atoms with Gasteiger partial charge in [-0.05, 0) is 30.5 Å². The topological polar surface area (TPSA) is 58.6 Å². The molecule has 1 aromatic rings. The van der Waals surface area contributed by atoms with Crippen molar-refractivity contribution in [2.45, 2.75) is 25.4 Å². The van der Waals surface area contributed by atoms with E-state index >= 15 is 0 Å². The summed E-state index contributed by atoms with van der Waals surface area (Å²) in [4.78, 5) is 11.6. The molecule has 0 aliphatic carbocycles. The number of aliphatic hydroxyl groups is 1. The molecule has 1 aromatic carbocycles. The second-order valence-electron chi connectivity index (χ2n) is 4.38. The molecular weight excluding hydrogens is 310 g/mol. The lowest BCUT2D eigenvalue weighted by Gasteiger charge is -2.10. The number of carbonyl (C=O) groups is 1. The Labute approximate surface area is 122 Å². The Morgan fingerprint density at radius 1 is 1.53 bits per heavy atom. The van der Waals surface area contributed by atoms with Gasteiger partial charge in [-0.15, -0.1) is 0 Å². The second-order valence-corrected chi connectivity index (χ2v) is 5.29. The van der Waals surface area contributed by atoms with Gasteiger partial charge in [-0.3, -0.25) is 4.79 Å². The highest BCUT2D eigenvalue weighted by molar-refractivity contribution is 9.10. The Balaban J connectivity index is 2.18. The summed E-state index contributed by atoms with van der Waals surface area (Å²) in [5, 5.41) is 12.2. The van der Waals surface area contributed by atoms with Crippen molar-refractivity contribution >= 4 is 21.8 Å². The summed E-state index contributed by atoms with van der Waals surface area (Å²) in [5.74, 6) is 0.00425. The smallest absolute Gasteiger partial charge is 0.220 e. The lowest BCUT2D eigenvalue weighted by atomic mass is 10.1. The fourth-order valence-electron chi connectivity index (χ4n) is 1.69. The van der Waals surface area contributed by atoms with Gasteiger partial charge in [-0.25, -0.2) is 0 Å². The Kier molecular flexibility index (Phi) is 7.70. The molecule has 1 atom stereocenters. The molecule has 0 aromatic heterocycles. The normalized spacial score (nSPS) is 12.2. The van der Waals surface area contributed by atoms with Crippen molar-refractivity contribution in [2.24, 2.45) is 0 Å². The van der Waals surface area contributed by atoms with Crippen molar-refractivity contribution in [3.8, 4) is 0 Å². The molecule has 0 heterocycles. The minimum absolute atomic E-state index is 0.00425. The van der Waals surface area contributed by atoms with Gasteiger partial charge in [0.2, 0.25) is 5.91 Å². The number of hydrogen-bond donors (Lipinski definition) is 2. The van der Waals surface area contributed by atoms with Crippen molar-refractivity contribution in [2.75, 3.05) is 20.3 Å². The fourth-order valence-corrected chi connectivity index (χ4v) is 2.14. The molecule has 0 saturated carbocycles. The number of amides is 1.